The van der Waals surface area contributed by atoms with Gasteiger partial charge in [-0.2, -0.15) is 0 Å². The molecule has 4 heteroatoms. The van der Waals surface area contributed by atoms with Crippen LogP contribution in [0, 0.1) is 0 Å². The summed E-state index contributed by atoms with van der Waals surface area (Å²) < 4.78 is 5.66. The van der Waals surface area contributed by atoms with Crippen molar-refractivity contribution in [1.82, 2.24) is 0 Å². The number of nitrogens with zero attached hydrogens (tertiary/aromatic N) is 1. The van der Waals surface area contributed by atoms with Crippen molar-refractivity contribution in [3.05, 3.63) is 0 Å². The number of hydrogen-bond acceptors (Lipinski definition) is 3. The normalized spacial score (nSPS) is 33.0. The molecule has 0 amide bonds. The zero-order valence-electron chi connectivity index (χ0n) is 8.91. The number of oxime groups is 1. The van der Waals surface area contributed by atoms with Crippen LogP contribution in [-0.2, 0) is 9.57 Å². The lowest BCUT2D eigenvalue weighted by Crippen LogP contribution is -2.21. The van der Waals surface area contributed by atoms with Crippen molar-refractivity contribution in [3.8, 4) is 0 Å². The summed E-state index contributed by atoms with van der Waals surface area (Å²) in [5.74, 6) is 0. The zero-order valence-corrected chi connectivity index (χ0v) is 8.91. The maximum atomic E-state index is 5.66. The molecule has 1 unspecified atom stereocenters. The molecular formula is C9H18BNO2. The fourth-order valence-electron chi connectivity index (χ4n) is 1.56. The van der Waals surface area contributed by atoms with E-state index in [1.54, 1.807) is 0 Å². The Kier molecular flexibility index (Phi) is 3.79. The van der Waals surface area contributed by atoms with Gasteiger partial charge < -0.3 is 9.57 Å². The van der Waals surface area contributed by atoms with Gasteiger partial charge in [-0.15, -0.1) is 0 Å². The predicted octanol–water partition coefficient (Wildman–Crippen LogP) is 0.925. The molecule has 0 radical (unpaired) electrons. The first kappa shape index (κ1) is 10.6. The van der Waals surface area contributed by atoms with Crippen molar-refractivity contribution in [2.24, 2.45) is 5.16 Å². The van der Waals surface area contributed by atoms with Gasteiger partial charge in [0.2, 0.25) is 0 Å². The van der Waals surface area contributed by atoms with E-state index in [4.69, 9.17) is 9.57 Å². The summed E-state index contributed by atoms with van der Waals surface area (Å²) in [7, 11) is 2.08. The summed E-state index contributed by atoms with van der Waals surface area (Å²) in [6, 6.07) is 0.308. The van der Waals surface area contributed by atoms with Gasteiger partial charge in [0.1, 0.15) is 7.85 Å². The molecule has 0 aromatic heterocycles. The molecule has 0 aromatic carbocycles. The summed E-state index contributed by atoms with van der Waals surface area (Å²) in [5.41, 5.74) is 0.953. The topological polar surface area (TPSA) is 30.8 Å². The van der Waals surface area contributed by atoms with E-state index in [-0.39, 0.29) is 12.2 Å². The Labute approximate surface area is 80.9 Å². The van der Waals surface area contributed by atoms with Crippen molar-refractivity contribution in [2.75, 3.05) is 0 Å². The monoisotopic (exact) mass is 183 g/mol. The molecule has 1 aliphatic heterocycles. The second-order valence-electron chi connectivity index (χ2n) is 3.81. The van der Waals surface area contributed by atoms with E-state index in [1.165, 1.54) is 0 Å². The molecule has 1 aliphatic rings. The highest BCUT2D eigenvalue weighted by molar-refractivity contribution is 6.11. The maximum absolute atomic E-state index is 5.66. The lowest BCUT2D eigenvalue weighted by Gasteiger charge is -2.14. The Morgan fingerprint density at radius 1 is 1.62 bits per heavy atom. The molecule has 0 spiro atoms. The molecule has 74 valence electrons. The Hall–Kier alpha value is -0.505. The van der Waals surface area contributed by atoms with Crippen molar-refractivity contribution in [1.29, 1.82) is 0 Å². The van der Waals surface area contributed by atoms with E-state index in [0.717, 1.165) is 18.6 Å². The average molecular weight is 183 g/mol. The lowest BCUT2D eigenvalue weighted by molar-refractivity contribution is -0.0121. The Bertz CT molecular complexity index is 192. The SMILES string of the molecule is B[C@H]1CC(ON=C(C)C)[C@@H](CC)O1. The van der Waals surface area contributed by atoms with Crippen molar-refractivity contribution in [3.63, 3.8) is 0 Å². The van der Waals surface area contributed by atoms with Crippen molar-refractivity contribution < 1.29 is 9.57 Å². The fourth-order valence-corrected chi connectivity index (χ4v) is 1.56. The molecule has 1 rings (SSSR count). The van der Waals surface area contributed by atoms with E-state index in [9.17, 15) is 0 Å². The Balaban J connectivity index is 2.44. The largest absolute Gasteiger partial charge is 0.390 e. The highest BCUT2D eigenvalue weighted by Crippen LogP contribution is 2.23. The Morgan fingerprint density at radius 2 is 2.31 bits per heavy atom. The van der Waals surface area contributed by atoms with Crippen molar-refractivity contribution >= 4 is 13.6 Å². The zero-order chi connectivity index (χ0) is 9.84. The van der Waals surface area contributed by atoms with Gasteiger partial charge in [0, 0.05) is 12.4 Å². The minimum atomic E-state index is 0.148. The first-order valence-electron chi connectivity index (χ1n) is 4.96. The third kappa shape index (κ3) is 3.03. The number of hydrogen-bond donors (Lipinski definition) is 0. The second kappa shape index (κ2) is 4.65. The quantitative estimate of drug-likeness (QED) is 0.370. The van der Waals surface area contributed by atoms with Gasteiger partial charge in [0.15, 0.2) is 6.10 Å². The van der Waals surface area contributed by atoms with Crippen LogP contribution in [-0.4, -0.2) is 31.8 Å². The highest BCUT2D eigenvalue weighted by atomic mass is 16.7. The molecule has 1 heterocycles. The molecule has 0 aliphatic carbocycles. The van der Waals surface area contributed by atoms with E-state index < -0.39 is 0 Å². The van der Waals surface area contributed by atoms with Crippen LogP contribution in [0.1, 0.15) is 33.6 Å². The molecule has 3 nitrogen and oxygen atoms in total. The van der Waals surface area contributed by atoms with Crippen LogP contribution in [0.4, 0.5) is 0 Å². The molecule has 0 saturated carbocycles. The van der Waals surface area contributed by atoms with Crippen LogP contribution < -0.4 is 0 Å². The molecule has 0 bridgehead atoms. The van der Waals surface area contributed by atoms with Gasteiger partial charge in [0.25, 0.3) is 0 Å². The van der Waals surface area contributed by atoms with E-state index >= 15 is 0 Å². The molecule has 13 heavy (non-hydrogen) atoms. The molecule has 0 N–H and O–H groups in total. The van der Waals surface area contributed by atoms with Crippen LogP contribution in [0.25, 0.3) is 0 Å². The molecule has 1 saturated heterocycles. The Morgan fingerprint density at radius 3 is 2.85 bits per heavy atom. The molecule has 0 aromatic rings. The van der Waals surface area contributed by atoms with E-state index in [0.29, 0.717) is 6.00 Å². The fraction of sp³-hybridized carbons (Fsp3) is 0.889. The minimum Gasteiger partial charge on any atom is -0.390 e. The average Bonchev–Trinajstić information content (AvgIpc) is 2.42. The lowest BCUT2D eigenvalue weighted by atomic mass is 9.96. The van der Waals surface area contributed by atoms with E-state index in [2.05, 4.69) is 19.9 Å². The van der Waals surface area contributed by atoms with Gasteiger partial charge in [-0.3, -0.25) is 0 Å². The van der Waals surface area contributed by atoms with Gasteiger partial charge >= 0.3 is 0 Å². The third-order valence-corrected chi connectivity index (χ3v) is 2.16. The molecular weight excluding hydrogens is 165 g/mol. The minimum absolute atomic E-state index is 0.148. The van der Waals surface area contributed by atoms with Gasteiger partial charge in [-0.1, -0.05) is 12.1 Å². The smallest absolute Gasteiger partial charge is 0.155 e. The van der Waals surface area contributed by atoms with Crippen molar-refractivity contribution in [2.45, 2.75) is 51.8 Å². The predicted molar refractivity (Wildman–Crippen MR) is 55.8 cm³/mol. The maximum Gasteiger partial charge on any atom is 0.155 e. The van der Waals surface area contributed by atoms with E-state index in [1.807, 2.05) is 13.8 Å². The summed E-state index contributed by atoms with van der Waals surface area (Å²) >= 11 is 0. The first-order chi connectivity index (χ1) is 6.13. The van der Waals surface area contributed by atoms with Gasteiger partial charge in [-0.05, 0) is 20.3 Å². The summed E-state index contributed by atoms with van der Waals surface area (Å²) in [5, 5.41) is 3.98. The molecule has 1 fully saturated rings. The van der Waals surface area contributed by atoms with Crippen LogP contribution in [0.15, 0.2) is 5.16 Å². The van der Waals surface area contributed by atoms with Crippen LogP contribution in [0.3, 0.4) is 0 Å². The number of ether oxygens (including phenoxy) is 1. The standard InChI is InChI=1S/C9H18BNO2/c1-4-7-8(5-9(10)12-7)13-11-6(2)3/h7-9H,4-5,10H2,1-3H3/t7-,8?,9-/m1/s1. The van der Waals surface area contributed by atoms with Crippen LogP contribution in [0.2, 0.25) is 0 Å². The van der Waals surface area contributed by atoms with Gasteiger partial charge in [-0.25, -0.2) is 0 Å². The summed E-state index contributed by atoms with van der Waals surface area (Å²) in [6.07, 6.45) is 2.32. The molecule has 3 atom stereocenters. The highest BCUT2D eigenvalue weighted by Gasteiger charge is 2.33. The second-order valence-corrected chi connectivity index (χ2v) is 3.81. The van der Waals surface area contributed by atoms with Crippen LogP contribution >= 0.6 is 0 Å². The number of rotatable bonds is 3. The summed E-state index contributed by atoms with van der Waals surface area (Å²) in [6.45, 7) is 5.97. The third-order valence-electron chi connectivity index (χ3n) is 2.16. The summed E-state index contributed by atoms with van der Waals surface area (Å²) in [4.78, 5) is 5.40. The van der Waals surface area contributed by atoms with Gasteiger partial charge in [0.05, 0.1) is 11.8 Å². The van der Waals surface area contributed by atoms with Crippen LogP contribution in [0.5, 0.6) is 0 Å². The first-order valence-corrected chi connectivity index (χ1v) is 4.96.